The molecule has 3 rings (SSSR count). The Hall–Kier alpha value is -2.37. The van der Waals surface area contributed by atoms with E-state index in [0.29, 0.717) is 25.2 Å². The standard InChI is InChI=1S/C23H25BrN2O2/c1-15-7-6-8-18(11-15)14-26-16(2)20(22(17(26)3)23(27)28)13-25-12-19-9-4-5-10-21(19)24/h4-11,25H,12-14H2,1-3H3,(H,27,28). The third kappa shape index (κ3) is 4.37. The minimum absolute atomic E-state index is 0.407. The van der Waals surface area contributed by atoms with Crippen LogP contribution >= 0.6 is 15.9 Å². The molecule has 0 saturated carbocycles. The fraction of sp³-hybridized carbons (Fsp3) is 0.261. The van der Waals surface area contributed by atoms with Gasteiger partial charge in [-0.2, -0.15) is 0 Å². The first kappa shape index (κ1) is 20.4. The maximum Gasteiger partial charge on any atom is 0.337 e. The minimum Gasteiger partial charge on any atom is -0.478 e. The molecule has 0 aliphatic carbocycles. The van der Waals surface area contributed by atoms with Crippen molar-refractivity contribution in [3.63, 3.8) is 0 Å². The molecular formula is C23H25BrN2O2. The van der Waals surface area contributed by atoms with E-state index in [0.717, 1.165) is 27.0 Å². The molecule has 1 aromatic heterocycles. The van der Waals surface area contributed by atoms with Gasteiger partial charge in [-0.1, -0.05) is 64.0 Å². The highest BCUT2D eigenvalue weighted by Crippen LogP contribution is 2.24. The molecule has 28 heavy (non-hydrogen) atoms. The third-order valence-electron chi connectivity index (χ3n) is 5.12. The Balaban J connectivity index is 1.86. The van der Waals surface area contributed by atoms with Crippen LogP contribution < -0.4 is 5.32 Å². The zero-order valence-electron chi connectivity index (χ0n) is 16.4. The summed E-state index contributed by atoms with van der Waals surface area (Å²) in [6.07, 6.45) is 0. The summed E-state index contributed by atoms with van der Waals surface area (Å²) in [5.74, 6) is -0.874. The molecule has 146 valence electrons. The second kappa shape index (κ2) is 8.76. The van der Waals surface area contributed by atoms with Gasteiger partial charge in [0.15, 0.2) is 0 Å². The number of carboxylic acid groups (broad SMARTS) is 1. The molecular weight excluding hydrogens is 416 g/mol. The van der Waals surface area contributed by atoms with Crippen LogP contribution in [0.15, 0.2) is 53.0 Å². The number of halogens is 1. The highest BCUT2D eigenvalue weighted by atomic mass is 79.9. The van der Waals surface area contributed by atoms with Gasteiger partial charge in [-0.25, -0.2) is 4.79 Å². The molecule has 3 aromatic rings. The Kier molecular flexibility index (Phi) is 6.37. The molecule has 0 spiro atoms. The fourth-order valence-corrected chi connectivity index (χ4v) is 4.07. The minimum atomic E-state index is -0.874. The van der Waals surface area contributed by atoms with Gasteiger partial charge in [-0.05, 0) is 38.0 Å². The predicted molar refractivity (Wildman–Crippen MR) is 116 cm³/mol. The van der Waals surface area contributed by atoms with Crippen molar-refractivity contribution in [3.8, 4) is 0 Å². The summed E-state index contributed by atoms with van der Waals surface area (Å²) in [7, 11) is 0. The van der Waals surface area contributed by atoms with E-state index < -0.39 is 5.97 Å². The SMILES string of the molecule is Cc1cccc(Cn2c(C)c(CNCc3ccccc3Br)c(C(=O)O)c2C)c1. The maximum atomic E-state index is 12.0. The third-order valence-corrected chi connectivity index (χ3v) is 5.90. The molecule has 2 aromatic carbocycles. The van der Waals surface area contributed by atoms with Gasteiger partial charge in [0.25, 0.3) is 0 Å². The highest BCUT2D eigenvalue weighted by molar-refractivity contribution is 9.10. The van der Waals surface area contributed by atoms with Crippen LogP contribution in [0, 0.1) is 20.8 Å². The van der Waals surface area contributed by atoms with E-state index in [9.17, 15) is 9.90 Å². The first-order valence-electron chi connectivity index (χ1n) is 9.30. The van der Waals surface area contributed by atoms with Gasteiger partial charge in [-0.15, -0.1) is 0 Å². The molecule has 0 aliphatic heterocycles. The number of carbonyl (C=O) groups is 1. The van der Waals surface area contributed by atoms with E-state index in [1.54, 1.807) is 0 Å². The van der Waals surface area contributed by atoms with Gasteiger partial charge in [0.2, 0.25) is 0 Å². The first-order chi connectivity index (χ1) is 13.4. The number of benzene rings is 2. The molecule has 0 bridgehead atoms. The summed E-state index contributed by atoms with van der Waals surface area (Å²) in [4.78, 5) is 12.0. The summed E-state index contributed by atoms with van der Waals surface area (Å²) in [6.45, 7) is 7.81. The van der Waals surface area contributed by atoms with Crippen LogP contribution in [0.5, 0.6) is 0 Å². The topological polar surface area (TPSA) is 54.3 Å². The van der Waals surface area contributed by atoms with Crippen LogP contribution in [0.4, 0.5) is 0 Å². The summed E-state index contributed by atoms with van der Waals surface area (Å²) >= 11 is 3.56. The Morgan fingerprint density at radius 2 is 1.79 bits per heavy atom. The lowest BCUT2D eigenvalue weighted by molar-refractivity contribution is 0.0694. The van der Waals surface area contributed by atoms with Gasteiger partial charge in [-0.3, -0.25) is 0 Å². The number of hydrogen-bond donors (Lipinski definition) is 2. The van der Waals surface area contributed by atoms with Crippen molar-refractivity contribution in [1.82, 2.24) is 9.88 Å². The Labute approximate surface area is 174 Å². The van der Waals surface area contributed by atoms with E-state index >= 15 is 0 Å². The van der Waals surface area contributed by atoms with Gasteiger partial charge >= 0.3 is 5.97 Å². The second-order valence-corrected chi connectivity index (χ2v) is 7.95. The lowest BCUT2D eigenvalue weighted by Crippen LogP contribution is -2.16. The van der Waals surface area contributed by atoms with Crippen molar-refractivity contribution in [1.29, 1.82) is 0 Å². The molecule has 4 nitrogen and oxygen atoms in total. The highest BCUT2D eigenvalue weighted by Gasteiger charge is 2.22. The number of aromatic carboxylic acids is 1. The maximum absolute atomic E-state index is 12.0. The number of nitrogens with zero attached hydrogens (tertiary/aromatic N) is 1. The van der Waals surface area contributed by atoms with Gasteiger partial charge < -0.3 is 15.0 Å². The van der Waals surface area contributed by atoms with E-state index in [1.165, 1.54) is 11.1 Å². The van der Waals surface area contributed by atoms with E-state index in [1.807, 2.05) is 38.1 Å². The van der Waals surface area contributed by atoms with Gasteiger partial charge in [0.1, 0.15) is 0 Å². The molecule has 0 aliphatic rings. The molecule has 0 saturated heterocycles. The summed E-state index contributed by atoms with van der Waals surface area (Å²) in [5.41, 5.74) is 6.57. The van der Waals surface area contributed by atoms with Crippen molar-refractivity contribution in [2.45, 2.75) is 40.4 Å². The van der Waals surface area contributed by atoms with Crippen LogP contribution in [0.3, 0.4) is 0 Å². The molecule has 0 atom stereocenters. The number of aromatic nitrogens is 1. The molecule has 0 unspecified atom stereocenters. The second-order valence-electron chi connectivity index (χ2n) is 7.10. The van der Waals surface area contributed by atoms with Crippen molar-refractivity contribution in [2.24, 2.45) is 0 Å². The molecule has 2 N–H and O–H groups in total. The molecule has 5 heteroatoms. The lowest BCUT2D eigenvalue weighted by Gasteiger charge is -2.11. The number of carboxylic acids is 1. The van der Waals surface area contributed by atoms with E-state index in [4.69, 9.17) is 0 Å². The predicted octanol–water partition coefficient (Wildman–Crippen LogP) is 5.21. The first-order valence-corrected chi connectivity index (χ1v) is 10.1. The fourth-order valence-electron chi connectivity index (χ4n) is 3.64. The van der Waals surface area contributed by atoms with Crippen LogP contribution in [0.1, 0.15) is 44.0 Å². The van der Waals surface area contributed by atoms with Crippen molar-refractivity contribution < 1.29 is 9.90 Å². The number of aryl methyl sites for hydroxylation is 1. The zero-order valence-corrected chi connectivity index (χ0v) is 18.0. The average Bonchev–Trinajstić information content (AvgIpc) is 2.88. The van der Waals surface area contributed by atoms with Crippen LogP contribution in [-0.2, 0) is 19.6 Å². The largest absolute Gasteiger partial charge is 0.478 e. The monoisotopic (exact) mass is 440 g/mol. The number of nitrogens with one attached hydrogen (secondary N) is 1. The Bertz CT molecular complexity index is 1010. The zero-order chi connectivity index (χ0) is 20.3. The summed E-state index contributed by atoms with van der Waals surface area (Å²) in [5, 5.41) is 13.2. The van der Waals surface area contributed by atoms with Crippen LogP contribution in [0.2, 0.25) is 0 Å². The smallest absolute Gasteiger partial charge is 0.337 e. The number of rotatable bonds is 7. The quantitative estimate of drug-likeness (QED) is 0.529. The van der Waals surface area contributed by atoms with Crippen LogP contribution in [-0.4, -0.2) is 15.6 Å². The van der Waals surface area contributed by atoms with Crippen molar-refractivity contribution in [2.75, 3.05) is 0 Å². The number of hydrogen-bond acceptors (Lipinski definition) is 2. The van der Waals surface area contributed by atoms with Gasteiger partial charge in [0, 0.05) is 41.1 Å². The molecule has 1 heterocycles. The molecule has 0 amide bonds. The molecule has 0 radical (unpaired) electrons. The summed E-state index contributed by atoms with van der Waals surface area (Å²) < 4.78 is 3.15. The van der Waals surface area contributed by atoms with Gasteiger partial charge in [0.05, 0.1) is 5.56 Å². The van der Waals surface area contributed by atoms with E-state index in [-0.39, 0.29) is 0 Å². The molecule has 0 fully saturated rings. The van der Waals surface area contributed by atoms with Crippen molar-refractivity contribution >= 4 is 21.9 Å². The Morgan fingerprint density at radius 1 is 1.04 bits per heavy atom. The normalized spacial score (nSPS) is 11.0. The average molecular weight is 441 g/mol. The van der Waals surface area contributed by atoms with Crippen molar-refractivity contribution in [3.05, 3.63) is 92.2 Å². The summed E-state index contributed by atoms with van der Waals surface area (Å²) in [6, 6.07) is 16.4. The Morgan fingerprint density at radius 3 is 2.46 bits per heavy atom. The van der Waals surface area contributed by atoms with E-state index in [2.05, 4.69) is 57.0 Å². The lowest BCUT2D eigenvalue weighted by atomic mass is 10.1. The van der Waals surface area contributed by atoms with Crippen LogP contribution in [0.25, 0.3) is 0 Å².